The van der Waals surface area contributed by atoms with Gasteiger partial charge in [-0.2, -0.15) is 0 Å². The van der Waals surface area contributed by atoms with Gasteiger partial charge in [0.05, 0.1) is 12.5 Å². The lowest BCUT2D eigenvalue weighted by Gasteiger charge is -2.33. The first-order valence-corrected chi connectivity index (χ1v) is 11.9. The van der Waals surface area contributed by atoms with Crippen LogP contribution in [0.15, 0.2) is 35.4 Å². The van der Waals surface area contributed by atoms with E-state index < -0.39 is 0 Å². The molecule has 1 aliphatic carbocycles. The Balaban J connectivity index is 1.46. The zero-order valence-electron chi connectivity index (χ0n) is 19.2. The fourth-order valence-electron chi connectivity index (χ4n) is 4.55. The van der Waals surface area contributed by atoms with Crippen molar-refractivity contribution < 1.29 is 9.53 Å². The molecule has 9 heteroatoms. The number of fused-ring (bicyclic) bond motifs is 5. The van der Waals surface area contributed by atoms with Gasteiger partial charge in [0, 0.05) is 10.6 Å². The Morgan fingerprint density at radius 2 is 2.03 bits per heavy atom. The van der Waals surface area contributed by atoms with Crippen molar-refractivity contribution in [3.8, 4) is 5.75 Å². The van der Waals surface area contributed by atoms with Gasteiger partial charge in [0.25, 0.3) is 0 Å². The van der Waals surface area contributed by atoms with Gasteiger partial charge in [0.15, 0.2) is 5.65 Å². The van der Waals surface area contributed by atoms with E-state index in [1.165, 1.54) is 25.9 Å². The third kappa shape index (κ3) is 3.90. The largest absolute Gasteiger partial charge is 0.497 e. The molecule has 0 saturated heterocycles. The summed E-state index contributed by atoms with van der Waals surface area (Å²) in [6, 6.07) is 7.02. The van der Waals surface area contributed by atoms with E-state index >= 15 is 0 Å². The molecule has 1 atom stereocenters. The molecule has 0 fully saturated rings. The lowest BCUT2D eigenvalue weighted by Crippen LogP contribution is -2.28. The topological polar surface area (TPSA) is 90.5 Å². The van der Waals surface area contributed by atoms with Crippen molar-refractivity contribution in [3.63, 3.8) is 0 Å². The number of aryl methyl sites for hydroxylation is 1. The summed E-state index contributed by atoms with van der Waals surface area (Å²) in [4.78, 5) is 32.3. The maximum atomic E-state index is 12.9. The lowest BCUT2D eigenvalue weighted by atomic mass is 9.72. The zero-order valence-corrected chi connectivity index (χ0v) is 20.0. The van der Waals surface area contributed by atoms with E-state index in [4.69, 9.17) is 4.74 Å². The Morgan fingerprint density at radius 3 is 2.73 bits per heavy atom. The third-order valence-electron chi connectivity index (χ3n) is 6.52. The van der Waals surface area contributed by atoms with E-state index in [0.717, 1.165) is 29.5 Å². The molecule has 0 saturated carbocycles. The van der Waals surface area contributed by atoms with E-state index in [0.29, 0.717) is 23.0 Å². The number of methoxy groups -OCH3 is 1. The summed E-state index contributed by atoms with van der Waals surface area (Å²) < 4.78 is 7.79. The summed E-state index contributed by atoms with van der Waals surface area (Å²) in [7, 11) is 1.59. The van der Waals surface area contributed by atoms with Gasteiger partial charge >= 0.3 is 5.69 Å². The molecule has 4 aromatic rings. The van der Waals surface area contributed by atoms with Gasteiger partial charge in [-0.05, 0) is 60.4 Å². The molecule has 0 aliphatic heterocycles. The molecule has 1 unspecified atom stereocenters. The van der Waals surface area contributed by atoms with Crippen LogP contribution in [0.4, 0.5) is 5.69 Å². The minimum Gasteiger partial charge on any atom is -0.497 e. The van der Waals surface area contributed by atoms with Gasteiger partial charge in [-0.3, -0.25) is 4.79 Å². The van der Waals surface area contributed by atoms with Crippen molar-refractivity contribution in [2.24, 2.45) is 11.3 Å². The number of thiophene rings is 1. The highest BCUT2D eigenvalue weighted by atomic mass is 32.1. The first-order valence-electron chi connectivity index (χ1n) is 11.1. The van der Waals surface area contributed by atoms with Crippen LogP contribution < -0.4 is 15.7 Å². The zero-order chi connectivity index (χ0) is 23.3. The molecule has 1 aliphatic rings. The van der Waals surface area contributed by atoms with Crippen molar-refractivity contribution in [3.05, 3.63) is 51.5 Å². The summed E-state index contributed by atoms with van der Waals surface area (Å²) in [5, 5.41) is 8.30. The molecule has 3 aromatic heterocycles. The number of rotatable bonds is 4. The first kappa shape index (κ1) is 21.6. The summed E-state index contributed by atoms with van der Waals surface area (Å²) in [5.41, 5.74) is 2.35. The summed E-state index contributed by atoms with van der Waals surface area (Å²) >= 11 is 1.70. The predicted octanol–water partition coefficient (Wildman–Crippen LogP) is 3.90. The molecule has 3 heterocycles. The van der Waals surface area contributed by atoms with Gasteiger partial charge < -0.3 is 10.1 Å². The predicted molar refractivity (Wildman–Crippen MR) is 129 cm³/mol. The molecule has 172 valence electrons. The summed E-state index contributed by atoms with van der Waals surface area (Å²) in [5.74, 6) is 1.000. The molecular weight excluding hydrogens is 438 g/mol. The number of anilines is 1. The van der Waals surface area contributed by atoms with Crippen LogP contribution in [0.1, 0.15) is 37.6 Å². The van der Waals surface area contributed by atoms with Gasteiger partial charge in [0.1, 0.15) is 23.5 Å². The normalized spacial score (nSPS) is 16.2. The highest BCUT2D eigenvalue weighted by Gasteiger charge is 2.32. The molecule has 1 aromatic carbocycles. The Morgan fingerprint density at radius 1 is 1.27 bits per heavy atom. The molecule has 5 rings (SSSR count). The molecule has 1 N–H and O–H groups in total. The molecule has 0 radical (unpaired) electrons. The second kappa shape index (κ2) is 7.98. The van der Waals surface area contributed by atoms with Gasteiger partial charge in [-0.15, -0.1) is 16.4 Å². The van der Waals surface area contributed by atoms with Crippen molar-refractivity contribution >= 4 is 38.8 Å². The summed E-state index contributed by atoms with van der Waals surface area (Å²) in [6.07, 6.45) is 4.62. The van der Waals surface area contributed by atoms with Gasteiger partial charge in [-0.1, -0.05) is 20.8 Å². The minimum atomic E-state index is -0.368. The summed E-state index contributed by atoms with van der Waals surface area (Å²) in [6.45, 7) is 6.71. The number of hydrogen-bond acceptors (Lipinski definition) is 6. The van der Waals surface area contributed by atoms with Crippen LogP contribution in [0.25, 0.3) is 15.9 Å². The minimum absolute atomic E-state index is 0.174. The fourth-order valence-corrected chi connectivity index (χ4v) is 5.81. The van der Waals surface area contributed by atoms with Crippen LogP contribution in [0, 0.1) is 11.3 Å². The van der Waals surface area contributed by atoms with Crippen LogP contribution in [0.5, 0.6) is 5.75 Å². The van der Waals surface area contributed by atoms with Gasteiger partial charge in [-0.25, -0.2) is 18.9 Å². The van der Waals surface area contributed by atoms with Gasteiger partial charge in [0.2, 0.25) is 5.91 Å². The van der Waals surface area contributed by atoms with Crippen molar-refractivity contribution in [2.75, 3.05) is 12.4 Å². The first-order chi connectivity index (χ1) is 15.7. The van der Waals surface area contributed by atoms with Crippen molar-refractivity contribution in [1.82, 2.24) is 19.2 Å². The second-order valence-corrected chi connectivity index (χ2v) is 10.7. The Labute approximate surface area is 195 Å². The molecule has 0 spiro atoms. The number of nitrogens with one attached hydrogen (secondary N) is 1. The maximum absolute atomic E-state index is 12.9. The molecule has 33 heavy (non-hydrogen) atoms. The molecule has 0 bridgehead atoms. The van der Waals surface area contributed by atoms with Crippen LogP contribution >= 0.6 is 11.3 Å². The average molecular weight is 466 g/mol. The Hall–Kier alpha value is -3.20. The number of nitrogens with zero attached hydrogens (tertiary/aromatic N) is 4. The van der Waals surface area contributed by atoms with E-state index in [1.54, 1.807) is 42.7 Å². The maximum Gasteiger partial charge on any atom is 0.352 e. The van der Waals surface area contributed by atoms with E-state index in [2.05, 4.69) is 36.2 Å². The van der Waals surface area contributed by atoms with E-state index in [9.17, 15) is 9.59 Å². The van der Waals surface area contributed by atoms with Crippen molar-refractivity contribution in [1.29, 1.82) is 0 Å². The van der Waals surface area contributed by atoms with Crippen molar-refractivity contribution in [2.45, 2.75) is 46.6 Å². The van der Waals surface area contributed by atoms with Crippen LogP contribution in [-0.2, 0) is 24.2 Å². The Bertz CT molecular complexity index is 1410. The monoisotopic (exact) mass is 465 g/mol. The standard InChI is InChI=1S/C24H27N5O3S/c1-24(2,3)14-5-10-17-18(11-14)33-22-20(17)21-27-29(23(31)28(21)13-25-22)12-19(30)26-15-6-8-16(32-4)9-7-15/h6-9,13-14H,5,10-12H2,1-4H3,(H,26,30). The number of ether oxygens (including phenoxy) is 1. The number of benzene rings is 1. The smallest absolute Gasteiger partial charge is 0.352 e. The van der Waals surface area contributed by atoms with E-state index in [-0.39, 0.29) is 23.6 Å². The van der Waals surface area contributed by atoms with E-state index in [1.807, 2.05) is 0 Å². The lowest BCUT2D eigenvalue weighted by molar-refractivity contribution is -0.117. The quantitative estimate of drug-likeness (QED) is 0.494. The molecule has 8 nitrogen and oxygen atoms in total. The highest BCUT2D eigenvalue weighted by molar-refractivity contribution is 7.19. The highest BCUT2D eigenvalue weighted by Crippen LogP contribution is 2.43. The Kier molecular flexibility index (Phi) is 5.23. The third-order valence-corrected chi connectivity index (χ3v) is 7.69. The number of aromatic nitrogens is 4. The van der Waals surface area contributed by atoms with Crippen LogP contribution in [-0.4, -0.2) is 32.2 Å². The SMILES string of the molecule is COc1ccc(NC(=O)Cn2nc3c4c5c(sc4ncn3c2=O)CC(C(C)(C)C)CC5)cc1. The van der Waals surface area contributed by atoms with Crippen LogP contribution in [0.3, 0.4) is 0 Å². The molecular formula is C24H27N5O3S. The van der Waals surface area contributed by atoms with Crippen LogP contribution in [0.2, 0.25) is 0 Å². The number of carbonyl (C=O) groups is 1. The molecule has 1 amide bonds. The average Bonchev–Trinajstić information content (AvgIpc) is 3.30. The second-order valence-electron chi connectivity index (χ2n) is 9.64. The number of hydrogen-bond donors (Lipinski definition) is 1. The fraction of sp³-hybridized carbons (Fsp3) is 0.417. The number of amides is 1. The number of carbonyl (C=O) groups excluding carboxylic acids is 1.